The Bertz CT molecular complexity index is 825. The number of hydrogen-bond acceptors (Lipinski definition) is 13. The van der Waals surface area contributed by atoms with Crippen LogP contribution < -0.4 is 17.1 Å². The van der Waals surface area contributed by atoms with Crippen LogP contribution >= 0.6 is 0 Å². The summed E-state index contributed by atoms with van der Waals surface area (Å²) in [6.07, 6.45) is 0.962. The van der Waals surface area contributed by atoms with Gasteiger partial charge in [-0.15, -0.1) is 0 Å². The Morgan fingerprint density at radius 2 is 1.33 bits per heavy atom. The number of aliphatic hydroxyl groups excluding tert-OH is 2. The number of nitrogens with two attached hydrogens (primary N) is 2. The molecule has 258 valence electrons. The number of hydrogen-bond donors (Lipinski definition) is 5. The Labute approximate surface area is 255 Å². The second kappa shape index (κ2) is 30.3. The summed E-state index contributed by atoms with van der Waals surface area (Å²) in [6, 6.07) is 0. The number of rotatable bonds is 7. The lowest BCUT2D eigenvalue weighted by atomic mass is 9.90. The van der Waals surface area contributed by atoms with Gasteiger partial charge < -0.3 is 25.9 Å². The molecule has 0 aromatic rings. The van der Waals surface area contributed by atoms with Crippen molar-refractivity contribution in [3.8, 4) is 0 Å². The number of hydrazone groups is 1. The molecule has 0 radical (unpaired) electrons. The van der Waals surface area contributed by atoms with Crippen LogP contribution in [0.25, 0.3) is 0 Å². The summed E-state index contributed by atoms with van der Waals surface area (Å²) in [5.74, 6) is 8.41. The van der Waals surface area contributed by atoms with E-state index >= 15 is 0 Å². The Morgan fingerprint density at radius 1 is 1.02 bits per heavy atom. The predicted octanol–water partition coefficient (Wildman–Crippen LogP) is 1.45. The van der Waals surface area contributed by atoms with E-state index in [0.717, 1.165) is 19.9 Å². The number of nitrogens with zero attached hydrogens (tertiary/aromatic N) is 1. The van der Waals surface area contributed by atoms with E-state index in [4.69, 9.17) is 15.0 Å². The van der Waals surface area contributed by atoms with Crippen molar-refractivity contribution in [3.05, 3.63) is 0 Å². The van der Waals surface area contributed by atoms with E-state index in [-0.39, 0.29) is 49.4 Å². The van der Waals surface area contributed by atoms with Gasteiger partial charge in [0.1, 0.15) is 24.1 Å². The van der Waals surface area contributed by atoms with Gasteiger partial charge in [-0.2, -0.15) is 13.5 Å². The quantitative estimate of drug-likeness (QED) is 0.151. The van der Waals surface area contributed by atoms with Crippen LogP contribution in [-0.4, -0.2) is 87.1 Å². The van der Waals surface area contributed by atoms with Gasteiger partial charge in [0.25, 0.3) is 10.1 Å². The molecule has 1 rings (SSSR count). The maximum absolute atomic E-state index is 10.9. The van der Waals surface area contributed by atoms with E-state index in [1.807, 2.05) is 20.6 Å². The lowest BCUT2D eigenvalue weighted by Gasteiger charge is -2.19. The molecule has 0 atom stereocenters. The van der Waals surface area contributed by atoms with E-state index in [2.05, 4.69) is 47.2 Å². The summed E-state index contributed by atoms with van der Waals surface area (Å²) >= 11 is 0. The van der Waals surface area contributed by atoms with Gasteiger partial charge in [-0.25, -0.2) is 0 Å². The average Bonchev–Trinajstić information content (AvgIpc) is 3.17. The number of carbonyl (C=O) groups excluding carboxylic acids is 4. The molecule has 0 saturated heterocycles. The number of carbonyl (C=O) groups is 4. The van der Waals surface area contributed by atoms with Gasteiger partial charge in [0.15, 0.2) is 0 Å². The topological polar surface area (TPSA) is 260 Å². The predicted molar refractivity (Wildman–Crippen MR) is 171 cm³/mol. The molecule has 15 heteroatoms. The number of nitrogens with one attached hydrogen (secondary N) is 1. The largest absolute Gasteiger partial charge is 0.412 e. The molecule has 0 amide bonds. The molecule has 14 nitrogen and oxygen atoms in total. The third-order valence-electron chi connectivity index (χ3n) is 5.50. The van der Waals surface area contributed by atoms with Crippen molar-refractivity contribution in [2.75, 3.05) is 33.1 Å². The van der Waals surface area contributed by atoms with Crippen LogP contribution in [-0.2, 0) is 33.5 Å². The van der Waals surface area contributed by atoms with Gasteiger partial charge in [0.05, 0.1) is 19.5 Å². The Morgan fingerprint density at radius 3 is 1.43 bits per heavy atom. The average molecular weight is 637 g/mol. The number of aliphatic hydroxyl groups is 2. The highest BCUT2D eigenvalue weighted by molar-refractivity contribution is 7.85. The van der Waals surface area contributed by atoms with Gasteiger partial charge in [-0.05, 0) is 27.7 Å². The van der Waals surface area contributed by atoms with Crippen LogP contribution in [0.2, 0.25) is 0 Å². The molecule has 0 bridgehead atoms. The van der Waals surface area contributed by atoms with Crippen molar-refractivity contribution in [3.63, 3.8) is 0 Å². The first-order chi connectivity index (χ1) is 17.9. The molecule has 1 heterocycles. The van der Waals surface area contributed by atoms with Gasteiger partial charge >= 0.3 is 0 Å². The van der Waals surface area contributed by atoms with Crippen molar-refractivity contribution in [2.24, 2.45) is 38.9 Å². The van der Waals surface area contributed by atoms with Crippen LogP contribution in [0.3, 0.4) is 0 Å². The fraction of sp³-hybridized carbons (Fsp3) is 0.815. The highest BCUT2D eigenvalue weighted by Gasteiger charge is 2.26. The Balaban J connectivity index is -0.0000000579. The Hall–Kier alpha value is -2.14. The summed E-state index contributed by atoms with van der Waals surface area (Å²) in [6.45, 7) is 24.2. The molecule has 0 unspecified atom stereocenters. The molecule has 0 saturated carbocycles. The number of ketones is 3. The normalized spacial score (nSPS) is 12.3. The molecular formula is C27H64N4O10S. The van der Waals surface area contributed by atoms with Crippen LogP contribution in [0.15, 0.2) is 5.10 Å². The van der Waals surface area contributed by atoms with Crippen molar-refractivity contribution in [1.82, 2.24) is 5.43 Å². The van der Waals surface area contributed by atoms with Crippen molar-refractivity contribution >= 4 is 40.0 Å². The van der Waals surface area contributed by atoms with Crippen LogP contribution in [0.4, 0.5) is 0 Å². The smallest absolute Gasteiger partial charge is 0.264 e. The minimum absolute atomic E-state index is 0. The van der Waals surface area contributed by atoms with Gasteiger partial charge in [0, 0.05) is 41.5 Å². The molecule has 42 heavy (non-hydrogen) atoms. The molecule has 0 aromatic heterocycles. The molecule has 0 spiro atoms. The number of Topliss-reactive ketones (excluding diaryl/α,β-unsaturated/α-hetero) is 3. The van der Waals surface area contributed by atoms with Crippen molar-refractivity contribution in [1.29, 1.82) is 0 Å². The zero-order valence-electron chi connectivity index (χ0n) is 27.7. The second-order valence-electron chi connectivity index (χ2n) is 10.7. The van der Waals surface area contributed by atoms with E-state index < -0.39 is 20.9 Å². The van der Waals surface area contributed by atoms with Crippen LogP contribution in [0.5, 0.6) is 0 Å². The van der Waals surface area contributed by atoms with E-state index in [0.29, 0.717) is 5.41 Å². The second-order valence-corrected chi connectivity index (χ2v) is 12.3. The van der Waals surface area contributed by atoms with Gasteiger partial charge in [-0.3, -0.25) is 30.3 Å². The monoisotopic (exact) mass is 636 g/mol. The van der Waals surface area contributed by atoms with E-state index in [1.54, 1.807) is 34.6 Å². The first-order valence-corrected chi connectivity index (χ1v) is 14.1. The maximum Gasteiger partial charge on any atom is 0.264 e. The van der Waals surface area contributed by atoms with E-state index in [1.165, 1.54) is 19.6 Å². The molecule has 0 aromatic carbocycles. The summed E-state index contributed by atoms with van der Waals surface area (Å²) in [4.78, 5) is 39.6. The van der Waals surface area contributed by atoms with Crippen LogP contribution in [0.1, 0.15) is 90.5 Å². The third kappa shape index (κ3) is 37.9. The minimum Gasteiger partial charge on any atom is -0.412 e. The Kier molecular flexibility index (Phi) is 42.8. The lowest BCUT2D eigenvalue weighted by Crippen LogP contribution is -2.28. The molecule has 0 aliphatic carbocycles. The molecule has 1 aliphatic rings. The molecule has 1 aliphatic heterocycles. The first-order valence-electron chi connectivity index (χ1n) is 12.2. The fourth-order valence-electron chi connectivity index (χ4n) is 1.10. The summed E-state index contributed by atoms with van der Waals surface area (Å²) in [5, 5.41) is 19.6. The zero-order valence-corrected chi connectivity index (χ0v) is 28.5. The van der Waals surface area contributed by atoms with Crippen molar-refractivity contribution < 1.29 is 47.5 Å². The molecule has 0 fully saturated rings. The highest BCUT2D eigenvalue weighted by Crippen LogP contribution is 2.19. The molecular weight excluding hydrogens is 572 g/mol. The standard InChI is InChI=1S/C7H14O4S.C6H12N2.C6H12O2.C5H10O.CH4O.CH2O.CH4.H4N2.H2O/c1-6(8)7(2,3)5-11-12(4,9)10;1-5-6(2,3)4-7-8-5;1-5(8)6(2,3)4-7;1-4(2)5(3)6;2*1-2;;1-2;/h5H2,1-4H3;2*7H,4H2,1-3H3;4H,1-3H3;2H,1H3;1H2;1H4;1-2H2;1H2. The van der Waals surface area contributed by atoms with Crippen LogP contribution in [0, 0.1) is 22.2 Å². The highest BCUT2D eigenvalue weighted by atomic mass is 32.2. The van der Waals surface area contributed by atoms with E-state index in [9.17, 15) is 22.8 Å². The summed E-state index contributed by atoms with van der Waals surface area (Å²) in [7, 11) is -2.44. The summed E-state index contributed by atoms with van der Waals surface area (Å²) < 4.78 is 25.6. The first kappa shape index (κ1) is 59.3. The third-order valence-corrected chi connectivity index (χ3v) is 6.04. The molecule has 9 N–H and O–H groups in total. The van der Waals surface area contributed by atoms with Gasteiger partial charge in [-0.1, -0.05) is 62.8 Å². The maximum atomic E-state index is 10.9. The fourth-order valence-corrected chi connectivity index (χ4v) is 1.61. The summed E-state index contributed by atoms with van der Waals surface area (Å²) in [5.41, 5.74) is 3.17. The number of hydrazine groups is 1. The zero-order chi connectivity index (χ0) is 34.1. The lowest BCUT2D eigenvalue weighted by molar-refractivity contribution is -0.127. The van der Waals surface area contributed by atoms with Gasteiger partial charge in [0.2, 0.25) is 0 Å². The SMILES string of the molecule is C.C=O.CC(=O)C(C)(C)CO.CC(=O)C(C)(C)COS(C)(=O)=O.CC(=O)C(C)C.CC1=NNCC1(C)C.CO.NN.O. The minimum atomic E-state index is -3.44. The van der Waals surface area contributed by atoms with Crippen molar-refractivity contribution in [2.45, 2.75) is 90.5 Å².